The smallest absolute Gasteiger partial charge is 0.231 e. The SMILES string of the molecule is CCNC1CCCCCC1c1nc(CN(C)C)no1. The molecule has 5 heteroatoms. The van der Waals surface area contributed by atoms with Gasteiger partial charge < -0.3 is 14.7 Å². The van der Waals surface area contributed by atoms with Crippen molar-refractivity contribution in [3.05, 3.63) is 11.7 Å². The molecule has 0 bridgehead atoms. The van der Waals surface area contributed by atoms with Crippen LogP contribution in [0.5, 0.6) is 0 Å². The van der Waals surface area contributed by atoms with Crippen molar-refractivity contribution in [1.29, 1.82) is 0 Å². The largest absolute Gasteiger partial charge is 0.339 e. The van der Waals surface area contributed by atoms with Crippen LogP contribution in [0.15, 0.2) is 4.52 Å². The molecule has 108 valence electrons. The standard InChI is InChI=1S/C14H26N4O/c1-4-15-12-9-7-5-6-8-11(12)14-16-13(17-19-14)10-18(2)3/h11-12,15H,4-10H2,1-3H3. The van der Waals surface area contributed by atoms with E-state index in [1.165, 1.54) is 25.7 Å². The Balaban J connectivity index is 2.09. The molecular weight excluding hydrogens is 240 g/mol. The number of hydrogen-bond donors (Lipinski definition) is 1. The van der Waals surface area contributed by atoms with Crippen LogP contribution in [0.2, 0.25) is 0 Å². The average Bonchev–Trinajstić information content (AvgIpc) is 2.68. The molecule has 0 aliphatic heterocycles. The summed E-state index contributed by atoms with van der Waals surface area (Å²) >= 11 is 0. The maximum absolute atomic E-state index is 5.51. The van der Waals surface area contributed by atoms with Crippen molar-refractivity contribution in [3.8, 4) is 0 Å². The van der Waals surface area contributed by atoms with Crippen LogP contribution in [0.4, 0.5) is 0 Å². The highest BCUT2D eigenvalue weighted by Gasteiger charge is 2.29. The van der Waals surface area contributed by atoms with Crippen molar-refractivity contribution in [1.82, 2.24) is 20.4 Å². The van der Waals surface area contributed by atoms with E-state index in [1.54, 1.807) is 0 Å². The molecule has 1 heterocycles. The first-order valence-electron chi connectivity index (χ1n) is 7.41. The van der Waals surface area contributed by atoms with E-state index in [9.17, 15) is 0 Å². The maximum atomic E-state index is 5.51. The van der Waals surface area contributed by atoms with Gasteiger partial charge in [0.25, 0.3) is 0 Å². The fraction of sp³-hybridized carbons (Fsp3) is 0.857. The van der Waals surface area contributed by atoms with Gasteiger partial charge in [0.05, 0.1) is 12.5 Å². The first-order valence-corrected chi connectivity index (χ1v) is 7.41. The molecule has 0 spiro atoms. The molecule has 0 amide bonds. The Morgan fingerprint density at radius 2 is 2.05 bits per heavy atom. The number of hydrogen-bond acceptors (Lipinski definition) is 5. The van der Waals surface area contributed by atoms with Gasteiger partial charge in [0, 0.05) is 6.04 Å². The van der Waals surface area contributed by atoms with E-state index >= 15 is 0 Å². The molecule has 1 aromatic rings. The fourth-order valence-corrected chi connectivity index (χ4v) is 2.87. The fourth-order valence-electron chi connectivity index (χ4n) is 2.87. The van der Waals surface area contributed by atoms with Crippen LogP contribution in [0.3, 0.4) is 0 Å². The molecule has 1 saturated carbocycles. The molecule has 1 N–H and O–H groups in total. The van der Waals surface area contributed by atoms with Crippen LogP contribution < -0.4 is 5.32 Å². The lowest BCUT2D eigenvalue weighted by Gasteiger charge is -2.22. The summed E-state index contributed by atoms with van der Waals surface area (Å²) in [6.07, 6.45) is 6.24. The highest BCUT2D eigenvalue weighted by atomic mass is 16.5. The Morgan fingerprint density at radius 1 is 1.26 bits per heavy atom. The minimum atomic E-state index is 0.380. The van der Waals surface area contributed by atoms with Gasteiger partial charge in [-0.3, -0.25) is 0 Å². The Morgan fingerprint density at radius 3 is 2.79 bits per heavy atom. The van der Waals surface area contributed by atoms with Crippen molar-refractivity contribution >= 4 is 0 Å². The Hall–Kier alpha value is -0.940. The third kappa shape index (κ3) is 4.01. The topological polar surface area (TPSA) is 54.2 Å². The molecule has 0 aromatic carbocycles. The average molecular weight is 266 g/mol. The maximum Gasteiger partial charge on any atom is 0.231 e. The van der Waals surface area contributed by atoms with Crippen LogP contribution >= 0.6 is 0 Å². The summed E-state index contributed by atoms with van der Waals surface area (Å²) < 4.78 is 5.51. The zero-order valence-electron chi connectivity index (χ0n) is 12.4. The summed E-state index contributed by atoms with van der Waals surface area (Å²) in [6.45, 7) is 3.90. The molecular formula is C14H26N4O. The normalized spacial score (nSPS) is 24.6. The third-order valence-electron chi connectivity index (χ3n) is 3.74. The second-order valence-corrected chi connectivity index (χ2v) is 5.70. The second-order valence-electron chi connectivity index (χ2n) is 5.70. The lowest BCUT2D eigenvalue weighted by molar-refractivity contribution is 0.300. The number of nitrogens with zero attached hydrogens (tertiary/aromatic N) is 3. The minimum Gasteiger partial charge on any atom is -0.339 e. The molecule has 1 aliphatic rings. The van der Waals surface area contributed by atoms with E-state index < -0.39 is 0 Å². The quantitative estimate of drug-likeness (QED) is 0.828. The lowest BCUT2D eigenvalue weighted by Crippen LogP contribution is -2.34. The molecule has 5 nitrogen and oxygen atoms in total. The van der Waals surface area contributed by atoms with Crippen molar-refractivity contribution in [2.24, 2.45) is 0 Å². The van der Waals surface area contributed by atoms with E-state index in [2.05, 4.69) is 27.3 Å². The molecule has 1 aromatic heterocycles. The van der Waals surface area contributed by atoms with Crippen molar-refractivity contribution in [2.45, 2.75) is 57.5 Å². The Kier molecular flexibility index (Phi) is 5.34. The monoisotopic (exact) mass is 266 g/mol. The molecule has 2 rings (SSSR count). The minimum absolute atomic E-state index is 0.380. The van der Waals surface area contributed by atoms with Crippen LogP contribution in [-0.4, -0.2) is 41.7 Å². The first-order chi connectivity index (χ1) is 9.20. The predicted molar refractivity (Wildman–Crippen MR) is 75.0 cm³/mol. The van der Waals surface area contributed by atoms with Gasteiger partial charge in [0.2, 0.25) is 5.89 Å². The molecule has 2 atom stereocenters. The van der Waals surface area contributed by atoms with Crippen LogP contribution in [0, 0.1) is 0 Å². The number of rotatable bonds is 5. The lowest BCUT2D eigenvalue weighted by atomic mass is 9.94. The van der Waals surface area contributed by atoms with Gasteiger partial charge in [0.15, 0.2) is 5.82 Å². The summed E-state index contributed by atoms with van der Waals surface area (Å²) in [5, 5.41) is 7.69. The highest BCUT2D eigenvalue weighted by molar-refractivity contribution is 5.00. The van der Waals surface area contributed by atoms with Crippen LogP contribution in [0.25, 0.3) is 0 Å². The van der Waals surface area contributed by atoms with Gasteiger partial charge in [-0.05, 0) is 33.5 Å². The van der Waals surface area contributed by atoms with Gasteiger partial charge in [-0.2, -0.15) is 4.98 Å². The number of nitrogens with one attached hydrogen (secondary N) is 1. The summed E-state index contributed by atoms with van der Waals surface area (Å²) in [5.41, 5.74) is 0. The molecule has 1 aliphatic carbocycles. The molecule has 19 heavy (non-hydrogen) atoms. The Bertz CT molecular complexity index is 377. The summed E-state index contributed by atoms with van der Waals surface area (Å²) in [7, 11) is 4.03. The van der Waals surface area contributed by atoms with Gasteiger partial charge in [0.1, 0.15) is 0 Å². The zero-order valence-corrected chi connectivity index (χ0v) is 12.4. The van der Waals surface area contributed by atoms with Gasteiger partial charge in [-0.15, -0.1) is 0 Å². The summed E-state index contributed by atoms with van der Waals surface area (Å²) in [6, 6.07) is 0.486. The predicted octanol–water partition coefficient (Wildman–Crippen LogP) is 2.16. The molecule has 0 radical (unpaired) electrons. The van der Waals surface area contributed by atoms with E-state index in [4.69, 9.17) is 4.52 Å². The number of likely N-dealkylation sites (N-methyl/N-ethyl adjacent to an activating group) is 1. The van der Waals surface area contributed by atoms with Crippen molar-refractivity contribution < 1.29 is 4.52 Å². The number of aromatic nitrogens is 2. The van der Waals surface area contributed by atoms with Crippen molar-refractivity contribution in [3.63, 3.8) is 0 Å². The van der Waals surface area contributed by atoms with Gasteiger partial charge in [-0.25, -0.2) is 0 Å². The summed E-state index contributed by atoms with van der Waals surface area (Å²) in [5.74, 6) is 2.00. The highest BCUT2D eigenvalue weighted by Crippen LogP contribution is 2.31. The first kappa shape index (κ1) is 14.5. The van der Waals surface area contributed by atoms with Crippen LogP contribution in [0.1, 0.15) is 56.7 Å². The second kappa shape index (κ2) is 7.01. The molecule has 0 saturated heterocycles. The Labute approximate surface area is 115 Å². The molecule has 2 unspecified atom stereocenters. The zero-order chi connectivity index (χ0) is 13.7. The van der Waals surface area contributed by atoms with E-state index in [0.717, 1.165) is 31.2 Å². The van der Waals surface area contributed by atoms with E-state index in [1.807, 2.05) is 14.1 Å². The van der Waals surface area contributed by atoms with Crippen LogP contribution in [-0.2, 0) is 6.54 Å². The summed E-state index contributed by atoms with van der Waals surface area (Å²) in [4.78, 5) is 6.65. The van der Waals surface area contributed by atoms with Gasteiger partial charge >= 0.3 is 0 Å². The van der Waals surface area contributed by atoms with Crippen molar-refractivity contribution in [2.75, 3.05) is 20.6 Å². The van der Waals surface area contributed by atoms with Gasteiger partial charge in [-0.1, -0.05) is 31.3 Å². The molecule has 1 fully saturated rings. The third-order valence-corrected chi connectivity index (χ3v) is 3.74. The van der Waals surface area contributed by atoms with E-state index in [-0.39, 0.29) is 0 Å². The van der Waals surface area contributed by atoms with E-state index in [0.29, 0.717) is 12.0 Å².